The lowest BCUT2D eigenvalue weighted by atomic mass is 9.91. The Morgan fingerprint density at radius 1 is 1.47 bits per heavy atom. The first-order valence-corrected chi connectivity index (χ1v) is 6.50. The van der Waals surface area contributed by atoms with Crippen molar-refractivity contribution in [3.8, 4) is 11.5 Å². The van der Waals surface area contributed by atoms with Gasteiger partial charge in [-0.3, -0.25) is 0 Å². The number of hydrogen-bond acceptors (Lipinski definition) is 3. The molecule has 92 valence electrons. The topological polar surface area (TPSA) is 30.5 Å². The molecule has 0 aliphatic carbocycles. The standard InChI is InChI=1S/C13H16ClNO2/c1-2-9-10(8-3-4-15-6-8)5-11-13(12(9)14)17-7-16-11/h5,8,15H,2-4,6-7H2,1H3. The molecule has 1 N–H and O–H groups in total. The lowest BCUT2D eigenvalue weighted by Crippen LogP contribution is -2.09. The highest BCUT2D eigenvalue weighted by molar-refractivity contribution is 6.33. The van der Waals surface area contributed by atoms with Gasteiger partial charge in [-0.2, -0.15) is 0 Å². The summed E-state index contributed by atoms with van der Waals surface area (Å²) in [6.07, 6.45) is 2.10. The molecule has 4 heteroatoms. The molecule has 1 aromatic carbocycles. The van der Waals surface area contributed by atoms with E-state index in [-0.39, 0.29) is 6.79 Å². The molecule has 2 aliphatic rings. The van der Waals surface area contributed by atoms with Crippen molar-refractivity contribution in [2.24, 2.45) is 0 Å². The van der Waals surface area contributed by atoms with Gasteiger partial charge < -0.3 is 14.8 Å². The van der Waals surface area contributed by atoms with Crippen molar-refractivity contribution >= 4 is 11.6 Å². The Morgan fingerprint density at radius 3 is 3.06 bits per heavy atom. The fourth-order valence-electron chi connectivity index (χ4n) is 2.70. The van der Waals surface area contributed by atoms with Gasteiger partial charge in [0, 0.05) is 6.54 Å². The zero-order valence-electron chi connectivity index (χ0n) is 9.88. The number of ether oxygens (including phenoxy) is 2. The first-order chi connectivity index (χ1) is 8.31. The Labute approximate surface area is 106 Å². The molecule has 1 unspecified atom stereocenters. The second-order valence-corrected chi connectivity index (χ2v) is 4.91. The van der Waals surface area contributed by atoms with Crippen LogP contribution in [-0.2, 0) is 6.42 Å². The van der Waals surface area contributed by atoms with Gasteiger partial charge in [-0.1, -0.05) is 18.5 Å². The van der Waals surface area contributed by atoms with Crippen molar-refractivity contribution in [1.29, 1.82) is 0 Å². The Kier molecular flexibility index (Phi) is 2.89. The average molecular weight is 254 g/mol. The quantitative estimate of drug-likeness (QED) is 0.879. The first-order valence-electron chi connectivity index (χ1n) is 6.12. The lowest BCUT2D eigenvalue weighted by Gasteiger charge is -2.16. The van der Waals surface area contributed by atoms with Gasteiger partial charge >= 0.3 is 0 Å². The van der Waals surface area contributed by atoms with Crippen molar-refractivity contribution in [2.75, 3.05) is 19.9 Å². The molecule has 3 nitrogen and oxygen atoms in total. The molecule has 0 bridgehead atoms. The third-order valence-electron chi connectivity index (χ3n) is 3.59. The van der Waals surface area contributed by atoms with Crippen LogP contribution >= 0.6 is 11.6 Å². The SMILES string of the molecule is CCc1c(C2CCNC2)cc2c(c1Cl)OCO2. The van der Waals surface area contributed by atoms with E-state index >= 15 is 0 Å². The Morgan fingerprint density at radius 2 is 2.35 bits per heavy atom. The second kappa shape index (κ2) is 4.39. The summed E-state index contributed by atoms with van der Waals surface area (Å²) in [5.41, 5.74) is 2.54. The molecule has 0 saturated carbocycles. The fourth-order valence-corrected chi connectivity index (χ4v) is 3.09. The third-order valence-corrected chi connectivity index (χ3v) is 3.99. The number of hydrogen-bond donors (Lipinski definition) is 1. The van der Waals surface area contributed by atoms with E-state index in [1.165, 1.54) is 17.5 Å². The predicted octanol–water partition coefficient (Wildman–Crippen LogP) is 2.71. The van der Waals surface area contributed by atoms with Gasteiger partial charge in [0.1, 0.15) is 0 Å². The molecule has 17 heavy (non-hydrogen) atoms. The van der Waals surface area contributed by atoms with Gasteiger partial charge in [-0.15, -0.1) is 0 Å². The molecule has 1 aromatic rings. The maximum absolute atomic E-state index is 6.41. The van der Waals surface area contributed by atoms with Crippen LogP contribution in [0, 0.1) is 0 Å². The van der Waals surface area contributed by atoms with Gasteiger partial charge in [-0.25, -0.2) is 0 Å². The summed E-state index contributed by atoms with van der Waals surface area (Å²) in [6, 6.07) is 2.12. The highest BCUT2D eigenvalue weighted by Gasteiger charge is 2.27. The van der Waals surface area contributed by atoms with Crippen LogP contribution in [0.1, 0.15) is 30.4 Å². The van der Waals surface area contributed by atoms with Crippen LogP contribution in [0.4, 0.5) is 0 Å². The van der Waals surface area contributed by atoms with Crippen molar-refractivity contribution < 1.29 is 9.47 Å². The van der Waals surface area contributed by atoms with E-state index in [0.717, 1.165) is 36.0 Å². The van der Waals surface area contributed by atoms with Crippen LogP contribution in [0.25, 0.3) is 0 Å². The van der Waals surface area contributed by atoms with Gasteiger partial charge in [-0.05, 0) is 42.5 Å². The number of benzene rings is 1. The van der Waals surface area contributed by atoms with Crippen molar-refractivity contribution in [3.63, 3.8) is 0 Å². The maximum atomic E-state index is 6.41. The van der Waals surface area contributed by atoms with Crippen LogP contribution < -0.4 is 14.8 Å². The average Bonchev–Trinajstić information content (AvgIpc) is 2.99. The third kappa shape index (κ3) is 1.78. The number of rotatable bonds is 2. The summed E-state index contributed by atoms with van der Waals surface area (Å²) in [4.78, 5) is 0. The van der Waals surface area contributed by atoms with Crippen molar-refractivity contribution in [2.45, 2.75) is 25.7 Å². The van der Waals surface area contributed by atoms with Gasteiger partial charge in [0.2, 0.25) is 6.79 Å². The van der Waals surface area contributed by atoms with E-state index < -0.39 is 0 Å². The van der Waals surface area contributed by atoms with Crippen LogP contribution in [0.2, 0.25) is 5.02 Å². The second-order valence-electron chi connectivity index (χ2n) is 4.54. The molecule has 1 fully saturated rings. The Hall–Kier alpha value is -0.930. The molecule has 0 spiro atoms. The first kappa shape index (κ1) is 11.2. The number of halogens is 1. The van der Waals surface area contributed by atoms with E-state index in [1.54, 1.807) is 0 Å². The largest absolute Gasteiger partial charge is 0.454 e. The highest BCUT2D eigenvalue weighted by atomic mass is 35.5. The molecular weight excluding hydrogens is 238 g/mol. The zero-order chi connectivity index (χ0) is 11.8. The van der Waals surface area contributed by atoms with E-state index in [1.807, 2.05) is 0 Å². The molecule has 3 rings (SSSR count). The molecular formula is C13H16ClNO2. The van der Waals surface area contributed by atoms with Gasteiger partial charge in [0.15, 0.2) is 11.5 Å². The Balaban J connectivity index is 2.10. The molecule has 1 saturated heterocycles. The zero-order valence-corrected chi connectivity index (χ0v) is 10.6. The maximum Gasteiger partial charge on any atom is 0.231 e. The van der Waals surface area contributed by atoms with Gasteiger partial charge in [0.05, 0.1) is 5.02 Å². The normalized spacial score (nSPS) is 22.1. The fraction of sp³-hybridized carbons (Fsp3) is 0.538. The van der Waals surface area contributed by atoms with Crippen molar-refractivity contribution in [1.82, 2.24) is 5.32 Å². The number of nitrogens with one attached hydrogen (secondary N) is 1. The molecule has 0 amide bonds. The van der Waals surface area contributed by atoms with E-state index in [0.29, 0.717) is 5.92 Å². The minimum absolute atomic E-state index is 0.282. The minimum Gasteiger partial charge on any atom is -0.454 e. The number of fused-ring (bicyclic) bond motifs is 1. The molecule has 1 atom stereocenters. The summed E-state index contributed by atoms with van der Waals surface area (Å²) in [6.45, 7) is 4.53. The summed E-state index contributed by atoms with van der Waals surface area (Å²) >= 11 is 6.41. The van der Waals surface area contributed by atoms with Crippen LogP contribution in [0.3, 0.4) is 0 Å². The molecule has 0 aromatic heterocycles. The summed E-state index contributed by atoms with van der Waals surface area (Å²) in [5, 5.41) is 4.13. The van der Waals surface area contributed by atoms with Crippen molar-refractivity contribution in [3.05, 3.63) is 22.2 Å². The lowest BCUT2D eigenvalue weighted by molar-refractivity contribution is 0.174. The highest BCUT2D eigenvalue weighted by Crippen LogP contribution is 2.45. The summed E-state index contributed by atoms with van der Waals surface area (Å²) < 4.78 is 10.9. The summed E-state index contributed by atoms with van der Waals surface area (Å²) in [7, 11) is 0. The van der Waals surface area contributed by atoms with Crippen LogP contribution in [-0.4, -0.2) is 19.9 Å². The van der Waals surface area contributed by atoms with Crippen LogP contribution in [0.5, 0.6) is 11.5 Å². The van der Waals surface area contributed by atoms with Crippen LogP contribution in [0.15, 0.2) is 6.07 Å². The van der Waals surface area contributed by atoms with E-state index in [9.17, 15) is 0 Å². The van der Waals surface area contributed by atoms with E-state index in [4.69, 9.17) is 21.1 Å². The van der Waals surface area contributed by atoms with Gasteiger partial charge in [0.25, 0.3) is 0 Å². The molecule has 2 heterocycles. The molecule has 2 aliphatic heterocycles. The predicted molar refractivity (Wildman–Crippen MR) is 67.2 cm³/mol. The monoisotopic (exact) mass is 253 g/mol. The minimum atomic E-state index is 0.282. The smallest absolute Gasteiger partial charge is 0.231 e. The Bertz CT molecular complexity index is 442. The summed E-state index contributed by atoms with van der Waals surface area (Å²) in [5.74, 6) is 2.07. The van der Waals surface area contributed by atoms with E-state index in [2.05, 4.69) is 18.3 Å². The molecule has 0 radical (unpaired) electrons.